The summed E-state index contributed by atoms with van der Waals surface area (Å²) in [7, 11) is 0. The van der Waals surface area contributed by atoms with Crippen molar-refractivity contribution in [2.75, 3.05) is 18.4 Å². The first kappa shape index (κ1) is 16.8. The van der Waals surface area contributed by atoms with Crippen LogP contribution in [0.4, 0.5) is 5.69 Å². The number of piperidine rings is 1. The summed E-state index contributed by atoms with van der Waals surface area (Å²) in [5.74, 6) is -0.0405. The number of carbonyl (C=O) groups is 1. The maximum atomic E-state index is 13.2. The van der Waals surface area contributed by atoms with Crippen LogP contribution in [-0.2, 0) is 4.79 Å². The number of nitrogens with one attached hydrogen (secondary N) is 2. The third kappa shape index (κ3) is 3.36. The molecular weight excluding hydrogens is 326 g/mol. The van der Waals surface area contributed by atoms with E-state index >= 15 is 0 Å². The number of rotatable bonds is 4. The van der Waals surface area contributed by atoms with Crippen LogP contribution in [0.1, 0.15) is 24.4 Å². The van der Waals surface area contributed by atoms with Gasteiger partial charge < -0.3 is 15.4 Å². The van der Waals surface area contributed by atoms with Crippen molar-refractivity contribution in [3.8, 4) is 0 Å². The lowest BCUT2D eigenvalue weighted by Gasteiger charge is -2.35. The van der Waals surface area contributed by atoms with E-state index in [1.165, 1.54) is 0 Å². The minimum Gasteiger partial charge on any atom is -0.393 e. The quantitative estimate of drug-likeness (QED) is 0.677. The summed E-state index contributed by atoms with van der Waals surface area (Å²) in [5, 5.41) is 13.9. The Morgan fingerprint density at radius 3 is 2.62 bits per heavy atom. The second-order valence-corrected chi connectivity index (χ2v) is 6.81. The molecule has 1 amide bonds. The van der Waals surface area contributed by atoms with E-state index < -0.39 is 0 Å². The minimum absolute atomic E-state index is 0.0405. The second kappa shape index (κ2) is 7.32. The van der Waals surface area contributed by atoms with Crippen molar-refractivity contribution in [2.45, 2.75) is 25.0 Å². The number of benzene rings is 2. The molecule has 0 spiro atoms. The van der Waals surface area contributed by atoms with Crippen LogP contribution in [0, 0.1) is 0 Å². The molecule has 5 nitrogen and oxygen atoms in total. The molecule has 1 aromatic heterocycles. The van der Waals surface area contributed by atoms with Crippen molar-refractivity contribution < 1.29 is 9.90 Å². The fraction of sp³-hybridized carbons (Fsp3) is 0.286. The highest BCUT2D eigenvalue weighted by molar-refractivity contribution is 6.03. The van der Waals surface area contributed by atoms with Crippen molar-refractivity contribution in [3.05, 3.63) is 66.4 Å². The van der Waals surface area contributed by atoms with E-state index in [4.69, 9.17) is 0 Å². The van der Waals surface area contributed by atoms with E-state index in [1.54, 1.807) is 0 Å². The molecule has 1 unspecified atom stereocenters. The molecule has 0 bridgehead atoms. The summed E-state index contributed by atoms with van der Waals surface area (Å²) < 4.78 is 0. The van der Waals surface area contributed by atoms with Crippen molar-refractivity contribution in [3.63, 3.8) is 0 Å². The number of likely N-dealkylation sites (tertiary alicyclic amines) is 1. The lowest BCUT2D eigenvalue weighted by Crippen LogP contribution is -2.43. The van der Waals surface area contributed by atoms with Gasteiger partial charge in [-0.05, 0) is 36.6 Å². The molecule has 26 heavy (non-hydrogen) atoms. The van der Waals surface area contributed by atoms with Gasteiger partial charge >= 0.3 is 0 Å². The Bertz CT molecular complexity index is 882. The highest BCUT2D eigenvalue weighted by Crippen LogP contribution is 2.28. The molecule has 5 heteroatoms. The number of aromatic nitrogens is 1. The number of hydrogen-bond acceptors (Lipinski definition) is 3. The van der Waals surface area contributed by atoms with Gasteiger partial charge in [0.25, 0.3) is 0 Å². The smallest absolute Gasteiger partial charge is 0.246 e. The van der Waals surface area contributed by atoms with E-state index in [0.717, 1.165) is 22.2 Å². The zero-order chi connectivity index (χ0) is 17.9. The first-order chi connectivity index (χ1) is 12.7. The number of aliphatic hydroxyl groups excluding tert-OH is 1. The highest BCUT2D eigenvalue weighted by Gasteiger charge is 2.30. The number of hydrogen-bond donors (Lipinski definition) is 3. The molecule has 1 fully saturated rings. The SMILES string of the molecule is O=C(Nc1cccc2[nH]ccc12)C(c1ccccc1)N1CCC(O)CC1. The van der Waals surface area contributed by atoms with E-state index in [2.05, 4.69) is 15.2 Å². The molecule has 2 heterocycles. The summed E-state index contributed by atoms with van der Waals surface area (Å²) in [5.41, 5.74) is 2.79. The summed E-state index contributed by atoms with van der Waals surface area (Å²) in [6.45, 7) is 1.42. The van der Waals surface area contributed by atoms with Crippen LogP contribution in [-0.4, -0.2) is 40.1 Å². The molecule has 2 aromatic carbocycles. The van der Waals surface area contributed by atoms with E-state index in [9.17, 15) is 9.90 Å². The summed E-state index contributed by atoms with van der Waals surface area (Å²) in [6, 6.07) is 17.3. The minimum atomic E-state index is -0.363. The Kier molecular flexibility index (Phi) is 4.73. The molecule has 1 saturated heterocycles. The van der Waals surface area contributed by atoms with Crippen LogP contribution in [0.5, 0.6) is 0 Å². The number of H-pyrrole nitrogens is 1. The predicted molar refractivity (Wildman–Crippen MR) is 103 cm³/mol. The van der Waals surface area contributed by atoms with Crippen molar-refractivity contribution >= 4 is 22.5 Å². The van der Waals surface area contributed by atoms with Gasteiger partial charge in [-0.15, -0.1) is 0 Å². The first-order valence-corrected chi connectivity index (χ1v) is 9.06. The predicted octanol–water partition coefficient (Wildman–Crippen LogP) is 3.30. The fourth-order valence-corrected chi connectivity index (χ4v) is 3.70. The number of carbonyl (C=O) groups excluding carboxylic acids is 1. The van der Waals surface area contributed by atoms with Crippen molar-refractivity contribution in [1.82, 2.24) is 9.88 Å². The third-order valence-electron chi connectivity index (χ3n) is 5.08. The van der Waals surface area contributed by atoms with Crippen LogP contribution >= 0.6 is 0 Å². The molecule has 0 saturated carbocycles. The Morgan fingerprint density at radius 2 is 1.85 bits per heavy atom. The zero-order valence-corrected chi connectivity index (χ0v) is 14.6. The van der Waals surface area contributed by atoms with Gasteiger partial charge in [0.2, 0.25) is 5.91 Å². The largest absolute Gasteiger partial charge is 0.393 e. The van der Waals surface area contributed by atoms with E-state index in [0.29, 0.717) is 25.9 Å². The van der Waals surface area contributed by atoms with Gasteiger partial charge in [-0.2, -0.15) is 0 Å². The normalized spacial score (nSPS) is 17.3. The van der Waals surface area contributed by atoms with Gasteiger partial charge in [-0.25, -0.2) is 0 Å². The maximum absolute atomic E-state index is 13.2. The molecule has 1 aliphatic rings. The van der Waals surface area contributed by atoms with Crippen molar-refractivity contribution in [2.24, 2.45) is 0 Å². The molecular formula is C21H23N3O2. The number of aromatic amines is 1. The third-order valence-corrected chi connectivity index (χ3v) is 5.08. The molecule has 3 aromatic rings. The molecule has 134 valence electrons. The van der Waals surface area contributed by atoms with Gasteiger partial charge in [0.1, 0.15) is 6.04 Å². The molecule has 1 aliphatic heterocycles. The number of nitrogens with zero attached hydrogens (tertiary/aromatic N) is 1. The average molecular weight is 349 g/mol. The fourth-order valence-electron chi connectivity index (χ4n) is 3.70. The summed E-state index contributed by atoms with van der Waals surface area (Å²) >= 11 is 0. The number of amides is 1. The van der Waals surface area contributed by atoms with Gasteiger partial charge in [-0.1, -0.05) is 36.4 Å². The van der Waals surface area contributed by atoms with Gasteiger partial charge in [0.05, 0.1) is 11.8 Å². The molecule has 0 radical (unpaired) electrons. The maximum Gasteiger partial charge on any atom is 0.246 e. The van der Waals surface area contributed by atoms with Crippen LogP contribution in [0.25, 0.3) is 10.9 Å². The van der Waals surface area contributed by atoms with Crippen LogP contribution < -0.4 is 5.32 Å². The molecule has 0 aliphatic carbocycles. The van der Waals surface area contributed by atoms with E-state index in [-0.39, 0.29) is 18.1 Å². The van der Waals surface area contributed by atoms with Crippen LogP contribution in [0.3, 0.4) is 0 Å². The van der Waals surface area contributed by atoms with Gasteiger partial charge in [0, 0.05) is 30.2 Å². The van der Waals surface area contributed by atoms with Crippen molar-refractivity contribution in [1.29, 1.82) is 0 Å². The highest BCUT2D eigenvalue weighted by atomic mass is 16.3. The Balaban J connectivity index is 1.63. The lowest BCUT2D eigenvalue weighted by molar-refractivity contribution is -0.122. The molecule has 4 rings (SSSR count). The van der Waals surface area contributed by atoms with Gasteiger partial charge in [0.15, 0.2) is 0 Å². The first-order valence-electron chi connectivity index (χ1n) is 9.06. The molecule has 1 atom stereocenters. The topological polar surface area (TPSA) is 68.4 Å². The Hall–Kier alpha value is -2.63. The summed E-state index contributed by atoms with van der Waals surface area (Å²) in [4.78, 5) is 18.6. The van der Waals surface area contributed by atoms with Crippen LogP contribution in [0.15, 0.2) is 60.8 Å². The van der Waals surface area contributed by atoms with E-state index in [1.807, 2.05) is 60.8 Å². The monoisotopic (exact) mass is 349 g/mol. The second-order valence-electron chi connectivity index (χ2n) is 6.81. The Labute approximate surface area is 152 Å². The lowest BCUT2D eigenvalue weighted by atomic mass is 9.99. The number of anilines is 1. The van der Waals surface area contributed by atoms with Crippen LogP contribution in [0.2, 0.25) is 0 Å². The average Bonchev–Trinajstić information content (AvgIpc) is 3.14. The van der Waals surface area contributed by atoms with Gasteiger partial charge in [-0.3, -0.25) is 9.69 Å². The summed E-state index contributed by atoms with van der Waals surface area (Å²) in [6.07, 6.45) is 3.01. The Morgan fingerprint density at radius 1 is 1.08 bits per heavy atom. The molecule has 3 N–H and O–H groups in total. The zero-order valence-electron chi connectivity index (χ0n) is 14.6. The number of fused-ring (bicyclic) bond motifs is 1. The number of aliphatic hydroxyl groups is 1. The standard InChI is InChI=1S/C21H23N3O2/c25-16-10-13-24(14-11-16)20(15-5-2-1-3-6-15)21(26)23-19-8-4-7-18-17(19)9-12-22-18/h1-9,12,16,20,22,25H,10-11,13-14H2,(H,23,26).